The second-order valence-electron chi connectivity index (χ2n) is 19.1. The Labute approximate surface area is 357 Å². The number of hydrogen-bond donors (Lipinski definition) is 1. The van der Waals surface area contributed by atoms with Crippen LogP contribution in [0.25, 0.3) is 0 Å². The minimum Gasteiger partial charge on any atom is -0.578 e. The smallest absolute Gasteiger partial charge is 0.327 e. The van der Waals surface area contributed by atoms with Gasteiger partial charge >= 0.3 is 5.97 Å². The van der Waals surface area contributed by atoms with Crippen molar-refractivity contribution in [2.24, 2.45) is 16.7 Å². The lowest BCUT2D eigenvalue weighted by atomic mass is 9.55. The van der Waals surface area contributed by atoms with Crippen LogP contribution >= 0.6 is 0 Å². The van der Waals surface area contributed by atoms with Crippen LogP contribution in [0.3, 0.4) is 0 Å². The van der Waals surface area contributed by atoms with Gasteiger partial charge in [0, 0.05) is 35.8 Å². The molecule has 0 aliphatic heterocycles. The van der Waals surface area contributed by atoms with Gasteiger partial charge in [0.2, 0.25) is 5.60 Å². The summed E-state index contributed by atoms with van der Waals surface area (Å²) in [4.78, 5) is 14.7. The third-order valence-electron chi connectivity index (χ3n) is 15.0. The molecule has 1 fully saturated rings. The summed E-state index contributed by atoms with van der Waals surface area (Å²) in [5, 5.41) is 9.91. The predicted molar refractivity (Wildman–Crippen MR) is 245 cm³/mol. The number of esters is 1. The van der Waals surface area contributed by atoms with Gasteiger partial charge in [-0.2, -0.15) is 0 Å². The number of hydrogen-bond acceptors (Lipinski definition) is 4. The molecule has 0 saturated heterocycles. The van der Waals surface area contributed by atoms with Crippen LogP contribution in [0.15, 0.2) is 97.1 Å². The first kappa shape index (κ1) is 45.8. The lowest BCUT2D eigenvalue weighted by Gasteiger charge is -2.49. The van der Waals surface area contributed by atoms with E-state index in [1.807, 2.05) is 24.3 Å². The van der Waals surface area contributed by atoms with Gasteiger partial charge in [0.05, 0.1) is 0 Å². The Morgan fingerprint density at radius 3 is 1.59 bits per heavy atom. The zero-order valence-electron chi connectivity index (χ0n) is 38.5. The van der Waals surface area contributed by atoms with Gasteiger partial charge in [-0.05, 0) is 140 Å². The van der Waals surface area contributed by atoms with Gasteiger partial charge in [0.25, 0.3) is 5.75 Å². The molecular formula is C54H75O5+. The first-order chi connectivity index (χ1) is 28.0. The minimum absolute atomic E-state index is 0.165. The van der Waals surface area contributed by atoms with Crippen LogP contribution in [0.5, 0.6) is 23.0 Å². The normalized spacial score (nSPS) is 19.4. The van der Waals surface area contributed by atoms with Crippen molar-refractivity contribution in [1.82, 2.24) is 0 Å². The van der Waals surface area contributed by atoms with E-state index in [1.54, 1.807) is 12.1 Å². The number of carbonyl (C=O) groups excluding carboxylic acids is 1. The van der Waals surface area contributed by atoms with E-state index in [4.69, 9.17) is 14.2 Å². The van der Waals surface area contributed by atoms with Gasteiger partial charge in [-0.1, -0.05) is 113 Å². The molecule has 0 bridgehead atoms. The first-order valence-corrected chi connectivity index (χ1v) is 22.7. The highest BCUT2D eigenvalue weighted by Gasteiger charge is 2.59. The number of aliphatic hydroxyl groups is 1. The molecule has 320 valence electrons. The van der Waals surface area contributed by atoms with Crippen LogP contribution in [0.1, 0.15) is 170 Å². The molecule has 0 aromatic heterocycles. The molecule has 59 heavy (non-hydrogen) atoms. The van der Waals surface area contributed by atoms with E-state index < -0.39 is 11.0 Å². The number of phenolic OH excluding ortho intramolecular Hbond substituents is 1. The number of benzene rings is 4. The summed E-state index contributed by atoms with van der Waals surface area (Å²) < 4.78 is 18.4. The van der Waals surface area contributed by atoms with Gasteiger partial charge in [-0.25, -0.2) is 0 Å². The maximum atomic E-state index is 14.7. The Bertz CT molecular complexity index is 1950. The van der Waals surface area contributed by atoms with E-state index in [0.717, 1.165) is 49.2 Å². The summed E-state index contributed by atoms with van der Waals surface area (Å²) in [6.45, 7) is 26.7. The SMILES string of the molecule is CCC(C)(CC)Oc1ccc(C2(c3ccc(OC(=O)C(CC)(CC)C(CC)(CC)[OH+]c4ccc(C(C)(CC)c5ccc(O)cc5)cc4)cc3)CC(C)CC(C)(C)C2)cc1. The predicted octanol–water partition coefficient (Wildman–Crippen LogP) is 14.4. The molecule has 4 aromatic rings. The Morgan fingerprint density at radius 2 is 1.15 bits per heavy atom. The zero-order chi connectivity index (χ0) is 43.3. The Morgan fingerprint density at radius 1 is 0.661 bits per heavy atom. The summed E-state index contributed by atoms with van der Waals surface area (Å²) in [5.41, 5.74) is 3.03. The summed E-state index contributed by atoms with van der Waals surface area (Å²) in [5.74, 6) is 2.96. The molecular weight excluding hydrogens is 729 g/mol. The van der Waals surface area contributed by atoms with Crippen molar-refractivity contribution >= 4 is 5.97 Å². The van der Waals surface area contributed by atoms with Gasteiger partial charge in [0.15, 0.2) is 5.41 Å². The fourth-order valence-electron chi connectivity index (χ4n) is 10.9. The van der Waals surface area contributed by atoms with Gasteiger partial charge in [0.1, 0.15) is 22.8 Å². The van der Waals surface area contributed by atoms with E-state index in [9.17, 15) is 9.90 Å². The maximum absolute atomic E-state index is 14.7. The lowest BCUT2D eigenvalue weighted by molar-refractivity contribution is -0.210. The highest BCUT2D eigenvalue weighted by molar-refractivity contribution is 5.81. The van der Waals surface area contributed by atoms with E-state index in [1.165, 1.54) is 23.1 Å². The van der Waals surface area contributed by atoms with Crippen molar-refractivity contribution < 1.29 is 24.1 Å². The second-order valence-corrected chi connectivity index (χ2v) is 19.1. The molecule has 4 aromatic carbocycles. The van der Waals surface area contributed by atoms with Crippen LogP contribution in [0.4, 0.5) is 0 Å². The summed E-state index contributed by atoms with van der Waals surface area (Å²) in [7, 11) is 0. The van der Waals surface area contributed by atoms with Crippen LogP contribution in [0, 0.1) is 16.7 Å². The Balaban J connectivity index is 1.42. The van der Waals surface area contributed by atoms with Gasteiger partial charge in [-0.3, -0.25) is 4.79 Å². The topological polar surface area (TPSA) is 68.6 Å². The summed E-state index contributed by atoms with van der Waals surface area (Å²) in [6.07, 6.45) is 8.74. The molecule has 3 unspecified atom stereocenters. The highest BCUT2D eigenvalue weighted by Crippen LogP contribution is 2.54. The Kier molecular flexibility index (Phi) is 14.1. The van der Waals surface area contributed by atoms with E-state index >= 15 is 0 Å². The van der Waals surface area contributed by atoms with Crippen molar-refractivity contribution in [3.05, 3.63) is 119 Å². The van der Waals surface area contributed by atoms with Crippen molar-refractivity contribution in [3.8, 4) is 23.0 Å². The lowest BCUT2D eigenvalue weighted by Crippen LogP contribution is -2.56. The molecule has 0 spiro atoms. The van der Waals surface area contributed by atoms with E-state index in [0.29, 0.717) is 37.4 Å². The monoisotopic (exact) mass is 804 g/mol. The van der Waals surface area contributed by atoms with Crippen LogP contribution < -0.4 is 9.47 Å². The quantitative estimate of drug-likeness (QED) is 0.0618. The number of ether oxygens (including phenoxy) is 3. The molecule has 0 amide bonds. The number of rotatable bonds is 18. The fourth-order valence-corrected chi connectivity index (χ4v) is 10.9. The molecule has 5 rings (SSSR count). The second kappa shape index (κ2) is 18.2. The molecule has 1 aliphatic rings. The van der Waals surface area contributed by atoms with Crippen LogP contribution in [-0.2, 0) is 15.6 Å². The fraction of sp³-hybridized carbons (Fsp3) is 0.537. The van der Waals surface area contributed by atoms with Crippen molar-refractivity contribution in [2.75, 3.05) is 0 Å². The summed E-state index contributed by atoms with van der Waals surface area (Å²) >= 11 is 0. The number of phenols is 1. The Hall–Kier alpha value is -4.25. The standard InChI is InChI=1S/C54H74O5/c1-13-50(11,14-2)58-46-34-26-43(27-35-46)52(37-39(8)36-49(9,10)38-52)42-24-30-45(31-25-42)57-48(56)53(16-4,17-5)54(18-6,19-7)59-47-32-22-41(23-33-47)51(12,15-3)40-20-28-44(55)29-21-40/h20-35,39,55H,13-19,36-38H2,1-12H3/p+1. The van der Waals surface area contributed by atoms with Crippen molar-refractivity contribution in [1.29, 1.82) is 0 Å². The average molecular weight is 804 g/mol. The molecule has 3 atom stereocenters. The molecule has 5 nitrogen and oxygen atoms in total. The molecule has 2 N–H and O–H groups in total. The minimum atomic E-state index is -0.822. The summed E-state index contributed by atoms with van der Waals surface area (Å²) in [6, 6.07) is 33.4. The zero-order valence-corrected chi connectivity index (χ0v) is 38.5. The highest BCUT2D eigenvalue weighted by atomic mass is 16.5. The third kappa shape index (κ3) is 9.10. The molecule has 0 radical (unpaired) electrons. The van der Waals surface area contributed by atoms with E-state index in [-0.39, 0.29) is 33.6 Å². The molecule has 0 heterocycles. The van der Waals surface area contributed by atoms with E-state index in [2.05, 4.69) is 144 Å². The van der Waals surface area contributed by atoms with Crippen molar-refractivity contribution in [3.63, 3.8) is 0 Å². The molecule has 1 aliphatic carbocycles. The largest absolute Gasteiger partial charge is 0.578 e. The van der Waals surface area contributed by atoms with Crippen molar-refractivity contribution in [2.45, 2.75) is 169 Å². The average Bonchev–Trinajstić information content (AvgIpc) is 3.23. The third-order valence-corrected chi connectivity index (χ3v) is 15.0. The van der Waals surface area contributed by atoms with Gasteiger partial charge < -0.3 is 19.3 Å². The van der Waals surface area contributed by atoms with Crippen LogP contribution in [0.2, 0.25) is 0 Å². The molecule has 1 saturated carbocycles. The maximum Gasteiger partial charge on any atom is 0.327 e. The number of aromatic hydroxyl groups is 2. The molecule has 5 heteroatoms. The van der Waals surface area contributed by atoms with Crippen LogP contribution in [-0.4, -0.2) is 27.0 Å². The number of carbonyl (C=O) groups is 1. The van der Waals surface area contributed by atoms with Gasteiger partial charge in [-0.15, -0.1) is 0 Å². The first-order valence-electron chi connectivity index (χ1n) is 22.7.